The second-order valence-corrected chi connectivity index (χ2v) is 9.29. The molecule has 1 saturated heterocycles. The Morgan fingerprint density at radius 1 is 1.06 bits per heavy atom. The lowest BCUT2D eigenvalue weighted by atomic mass is 9.98. The molecule has 2 N–H and O–H groups in total. The molecule has 1 amide bonds. The zero-order chi connectivity index (χ0) is 23.2. The summed E-state index contributed by atoms with van der Waals surface area (Å²) >= 11 is 0. The molecule has 1 fully saturated rings. The maximum atomic E-state index is 13.3. The van der Waals surface area contributed by atoms with Crippen LogP contribution in [-0.2, 0) is 4.79 Å². The Labute approximate surface area is 197 Å². The number of hydrogen-bond donors (Lipinski definition) is 2. The van der Waals surface area contributed by atoms with Gasteiger partial charge in [-0.25, -0.2) is 4.98 Å². The maximum Gasteiger partial charge on any atom is 0.247 e. The molecule has 2 aromatic carbocycles. The van der Waals surface area contributed by atoms with E-state index >= 15 is 0 Å². The topological polar surface area (TPSA) is 57.3 Å². The van der Waals surface area contributed by atoms with Crippen molar-refractivity contribution in [1.29, 1.82) is 0 Å². The highest BCUT2D eigenvalue weighted by Crippen LogP contribution is 2.24. The van der Waals surface area contributed by atoms with Crippen LogP contribution in [0.5, 0.6) is 0 Å². The lowest BCUT2D eigenvalue weighted by Crippen LogP contribution is -2.35. The molecule has 0 spiro atoms. The first-order chi connectivity index (χ1) is 16.0. The molecule has 5 nitrogen and oxygen atoms in total. The van der Waals surface area contributed by atoms with Crippen molar-refractivity contribution < 1.29 is 4.79 Å². The van der Waals surface area contributed by atoms with Gasteiger partial charge in [0.2, 0.25) is 5.91 Å². The van der Waals surface area contributed by atoms with Gasteiger partial charge in [-0.1, -0.05) is 74.0 Å². The number of hydrogen-bond acceptors (Lipinski definition) is 4. The van der Waals surface area contributed by atoms with Crippen molar-refractivity contribution in [3.63, 3.8) is 0 Å². The Kier molecular flexibility index (Phi) is 7.40. The van der Waals surface area contributed by atoms with E-state index in [2.05, 4.69) is 65.6 Å². The lowest BCUT2D eigenvalue weighted by molar-refractivity contribution is -0.118. The number of amides is 1. The van der Waals surface area contributed by atoms with E-state index in [0.29, 0.717) is 18.3 Å². The normalized spacial score (nSPS) is 17.5. The molecule has 1 aliphatic rings. The van der Waals surface area contributed by atoms with E-state index in [4.69, 9.17) is 0 Å². The van der Waals surface area contributed by atoms with Crippen molar-refractivity contribution in [2.24, 2.45) is 5.92 Å². The zero-order valence-electron chi connectivity index (χ0n) is 19.8. The molecule has 1 unspecified atom stereocenters. The predicted molar refractivity (Wildman–Crippen MR) is 136 cm³/mol. The smallest absolute Gasteiger partial charge is 0.247 e. The van der Waals surface area contributed by atoms with Crippen molar-refractivity contribution in [3.8, 4) is 0 Å². The van der Waals surface area contributed by atoms with Crippen molar-refractivity contribution in [2.75, 3.05) is 29.9 Å². The lowest BCUT2D eigenvalue weighted by Gasteiger charge is -2.22. The fourth-order valence-corrected chi connectivity index (χ4v) is 4.33. The Morgan fingerprint density at radius 2 is 1.82 bits per heavy atom. The SMILES string of the molecule is Cc1ccc([C@H](C)CNC(C(=O)Nc2ccc(N3CC[C@@H](C)C3)cn2)c2ccccc2)cc1. The summed E-state index contributed by atoms with van der Waals surface area (Å²) in [6, 6.07) is 21.9. The molecule has 0 bridgehead atoms. The molecule has 5 heteroatoms. The average Bonchev–Trinajstić information content (AvgIpc) is 3.27. The molecule has 0 aliphatic carbocycles. The predicted octanol–water partition coefficient (Wildman–Crippen LogP) is 5.31. The van der Waals surface area contributed by atoms with Crippen LogP contribution in [0.2, 0.25) is 0 Å². The second-order valence-electron chi connectivity index (χ2n) is 9.29. The molecule has 0 saturated carbocycles. The molecule has 172 valence electrons. The van der Waals surface area contributed by atoms with Gasteiger partial charge in [-0.3, -0.25) is 4.79 Å². The summed E-state index contributed by atoms with van der Waals surface area (Å²) in [6.45, 7) is 9.36. The molecule has 0 radical (unpaired) electrons. The molecule has 1 aliphatic heterocycles. The molecule has 1 aromatic heterocycles. The number of pyridine rings is 1. The van der Waals surface area contributed by atoms with Crippen LogP contribution in [0.3, 0.4) is 0 Å². The average molecular weight is 443 g/mol. The molecule has 3 aromatic rings. The number of carbonyl (C=O) groups is 1. The highest BCUT2D eigenvalue weighted by molar-refractivity contribution is 5.94. The van der Waals surface area contributed by atoms with Gasteiger partial charge in [-0.2, -0.15) is 0 Å². The number of aromatic nitrogens is 1. The van der Waals surface area contributed by atoms with Gasteiger partial charge in [0.05, 0.1) is 11.9 Å². The van der Waals surface area contributed by atoms with E-state index in [1.54, 1.807) is 0 Å². The number of benzene rings is 2. The van der Waals surface area contributed by atoms with Gasteiger partial charge in [0.25, 0.3) is 0 Å². The van der Waals surface area contributed by atoms with Crippen LogP contribution < -0.4 is 15.5 Å². The summed E-state index contributed by atoms with van der Waals surface area (Å²) in [5.74, 6) is 1.46. The first-order valence-electron chi connectivity index (χ1n) is 11.9. The van der Waals surface area contributed by atoms with Crippen LogP contribution in [-0.4, -0.2) is 30.5 Å². The first kappa shape index (κ1) is 23.0. The Bertz CT molecular complexity index is 1030. The van der Waals surface area contributed by atoms with Gasteiger partial charge >= 0.3 is 0 Å². The third kappa shape index (κ3) is 5.99. The summed E-state index contributed by atoms with van der Waals surface area (Å²) < 4.78 is 0. The van der Waals surface area contributed by atoms with Crippen molar-refractivity contribution >= 4 is 17.4 Å². The van der Waals surface area contributed by atoms with Crippen molar-refractivity contribution in [2.45, 2.75) is 39.2 Å². The molecule has 2 heterocycles. The standard InChI is InChI=1S/C28H34N4O/c1-20-9-11-23(12-10-20)22(3)17-30-27(24-7-5-4-6-8-24)28(33)31-26-14-13-25(18-29-26)32-16-15-21(2)19-32/h4-14,18,21-22,27,30H,15-17,19H2,1-3H3,(H,29,31,33)/t21-,22-,27?/m1/s1. The number of rotatable bonds is 8. The van der Waals surface area contributed by atoms with Gasteiger partial charge in [-0.15, -0.1) is 0 Å². The minimum absolute atomic E-state index is 0.104. The van der Waals surface area contributed by atoms with Crippen LogP contribution in [0.4, 0.5) is 11.5 Å². The van der Waals surface area contributed by atoms with E-state index in [-0.39, 0.29) is 11.8 Å². The van der Waals surface area contributed by atoms with Gasteiger partial charge in [0.1, 0.15) is 11.9 Å². The quantitative estimate of drug-likeness (QED) is 0.496. The van der Waals surface area contributed by atoms with Crippen LogP contribution in [0.25, 0.3) is 0 Å². The summed E-state index contributed by atoms with van der Waals surface area (Å²) in [5.41, 5.74) is 4.56. The fraction of sp³-hybridized carbons (Fsp3) is 0.357. The van der Waals surface area contributed by atoms with Crippen LogP contribution in [0.1, 0.15) is 48.9 Å². The number of anilines is 2. The third-order valence-electron chi connectivity index (χ3n) is 6.46. The van der Waals surface area contributed by atoms with Gasteiger partial charge in [0, 0.05) is 19.6 Å². The molecule has 33 heavy (non-hydrogen) atoms. The fourth-order valence-electron chi connectivity index (χ4n) is 4.33. The minimum Gasteiger partial charge on any atom is -0.370 e. The Balaban J connectivity index is 1.43. The second kappa shape index (κ2) is 10.6. The first-order valence-corrected chi connectivity index (χ1v) is 11.9. The van der Waals surface area contributed by atoms with Crippen LogP contribution >= 0.6 is 0 Å². The molecular weight excluding hydrogens is 408 g/mol. The summed E-state index contributed by atoms with van der Waals surface area (Å²) in [7, 11) is 0. The highest BCUT2D eigenvalue weighted by atomic mass is 16.2. The third-order valence-corrected chi connectivity index (χ3v) is 6.46. The molecule has 3 atom stereocenters. The van der Waals surface area contributed by atoms with E-state index in [9.17, 15) is 4.79 Å². The monoisotopic (exact) mass is 442 g/mol. The Hall–Kier alpha value is -3.18. The Morgan fingerprint density at radius 3 is 2.45 bits per heavy atom. The maximum absolute atomic E-state index is 13.3. The van der Waals surface area contributed by atoms with E-state index in [1.165, 1.54) is 17.5 Å². The van der Waals surface area contributed by atoms with Gasteiger partial charge in [-0.05, 0) is 48.4 Å². The van der Waals surface area contributed by atoms with Crippen molar-refractivity contribution in [3.05, 3.63) is 89.6 Å². The van der Waals surface area contributed by atoms with Crippen LogP contribution in [0, 0.1) is 12.8 Å². The number of aryl methyl sites for hydroxylation is 1. The van der Waals surface area contributed by atoms with Crippen LogP contribution in [0.15, 0.2) is 72.9 Å². The highest BCUT2D eigenvalue weighted by Gasteiger charge is 2.22. The van der Waals surface area contributed by atoms with E-state index < -0.39 is 6.04 Å². The largest absolute Gasteiger partial charge is 0.370 e. The van der Waals surface area contributed by atoms with E-state index in [1.807, 2.05) is 48.7 Å². The summed E-state index contributed by atoms with van der Waals surface area (Å²) in [6.07, 6.45) is 3.07. The molecule has 4 rings (SSSR count). The minimum atomic E-state index is -0.458. The number of nitrogens with one attached hydrogen (secondary N) is 2. The number of carbonyl (C=O) groups excluding carboxylic acids is 1. The zero-order valence-corrected chi connectivity index (χ0v) is 19.8. The summed E-state index contributed by atoms with van der Waals surface area (Å²) in [4.78, 5) is 20.1. The van der Waals surface area contributed by atoms with Crippen molar-refractivity contribution in [1.82, 2.24) is 10.3 Å². The molecular formula is C28H34N4O. The van der Waals surface area contributed by atoms with Gasteiger partial charge < -0.3 is 15.5 Å². The summed E-state index contributed by atoms with van der Waals surface area (Å²) in [5, 5.41) is 6.49. The number of nitrogens with zero attached hydrogens (tertiary/aromatic N) is 2. The van der Waals surface area contributed by atoms with Gasteiger partial charge in [0.15, 0.2) is 0 Å². The van der Waals surface area contributed by atoms with E-state index in [0.717, 1.165) is 24.3 Å².